The molecule has 4 heteroatoms. The van der Waals surface area contributed by atoms with Gasteiger partial charge in [0, 0.05) is 22.7 Å². The fraction of sp³-hybridized carbons (Fsp3) is 0.500. The van der Waals surface area contributed by atoms with Crippen LogP contribution >= 0.6 is 11.8 Å². The number of benzene rings is 1. The van der Waals surface area contributed by atoms with Crippen LogP contribution in [0.15, 0.2) is 23.1 Å². The Morgan fingerprint density at radius 1 is 1.44 bits per heavy atom. The zero-order valence-electron chi connectivity index (χ0n) is 9.17. The van der Waals surface area contributed by atoms with E-state index in [2.05, 4.69) is 5.32 Å². The molecule has 0 bridgehead atoms. The third-order valence-corrected chi connectivity index (χ3v) is 3.63. The molecule has 1 N–H and O–H groups in total. The number of nitrogens with one attached hydrogen (secondary N) is 1. The molecule has 1 aliphatic rings. The molecule has 1 aromatic carbocycles. The van der Waals surface area contributed by atoms with E-state index in [1.165, 1.54) is 36.7 Å². The molecule has 1 saturated carbocycles. The molecule has 0 radical (unpaired) electrons. The summed E-state index contributed by atoms with van der Waals surface area (Å²) < 4.78 is 26.3. The Bertz CT molecular complexity index is 366. The summed E-state index contributed by atoms with van der Waals surface area (Å²) in [6.07, 6.45) is 2.48. The van der Waals surface area contributed by atoms with Crippen molar-refractivity contribution < 1.29 is 8.78 Å². The lowest BCUT2D eigenvalue weighted by atomic mass is 10.3. The molecule has 1 aliphatic carbocycles. The van der Waals surface area contributed by atoms with Crippen LogP contribution in [-0.4, -0.2) is 17.8 Å². The SMILES string of the molecule is CC(CNC1CC1)Sc1cc(F)ccc1F. The van der Waals surface area contributed by atoms with Gasteiger partial charge in [0.25, 0.3) is 0 Å². The molecular formula is C12H15F2NS. The van der Waals surface area contributed by atoms with Gasteiger partial charge in [-0.2, -0.15) is 0 Å². The maximum absolute atomic E-state index is 13.3. The molecule has 0 spiro atoms. The molecule has 1 nitrogen and oxygen atoms in total. The second-order valence-electron chi connectivity index (χ2n) is 4.19. The molecular weight excluding hydrogens is 228 g/mol. The van der Waals surface area contributed by atoms with E-state index < -0.39 is 0 Å². The molecule has 0 aliphatic heterocycles. The van der Waals surface area contributed by atoms with Crippen LogP contribution in [0.25, 0.3) is 0 Å². The van der Waals surface area contributed by atoms with Gasteiger partial charge in [0.15, 0.2) is 0 Å². The summed E-state index contributed by atoms with van der Waals surface area (Å²) in [7, 11) is 0. The van der Waals surface area contributed by atoms with E-state index in [1.54, 1.807) is 0 Å². The van der Waals surface area contributed by atoms with Crippen LogP contribution < -0.4 is 5.32 Å². The minimum absolute atomic E-state index is 0.247. The van der Waals surface area contributed by atoms with Crippen molar-refractivity contribution in [1.82, 2.24) is 5.32 Å². The normalized spacial score (nSPS) is 17.4. The summed E-state index contributed by atoms with van der Waals surface area (Å²) in [5.41, 5.74) is 0. The Kier molecular flexibility index (Phi) is 3.82. The number of rotatable bonds is 5. The maximum atomic E-state index is 13.3. The average molecular weight is 243 g/mol. The topological polar surface area (TPSA) is 12.0 Å². The summed E-state index contributed by atoms with van der Waals surface area (Å²) in [6, 6.07) is 4.24. The van der Waals surface area contributed by atoms with Gasteiger partial charge in [-0.15, -0.1) is 11.8 Å². The summed E-state index contributed by atoms with van der Waals surface area (Å²) in [5.74, 6) is -0.726. The van der Waals surface area contributed by atoms with Crippen LogP contribution in [0.5, 0.6) is 0 Å². The summed E-state index contributed by atoms with van der Waals surface area (Å²) in [4.78, 5) is 0.394. The van der Waals surface area contributed by atoms with Crippen LogP contribution in [0.4, 0.5) is 8.78 Å². The molecule has 1 unspecified atom stereocenters. The van der Waals surface area contributed by atoms with E-state index in [0.717, 1.165) is 12.6 Å². The number of hydrogen-bond acceptors (Lipinski definition) is 2. The van der Waals surface area contributed by atoms with Gasteiger partial charge >= 0.3 is 0 Å². The first-order valence-corrected chi connectivity index (χ1v) is 6.38. The van der Waals surface area contributed by atoms with Crippen LogP contribution in [0, 0.1) is 11.6 Å². The first-order valence-electron chi connectivity index (χ1n) is 5.50. The molecule has 1 aromatic rings. The van der Waals surface area contributed by atoms with Gasteiger partial charge in [-0.3, -0.25) is 0 Å². The van der Waals surface area contributed by atoms with Crippen molar-refractivity contribution in [2.75, 3.05) is 6.54 Å². The lowest BCUT2D eigenvalue weighted by Crippen LogP contribution is -2.24. The zero-order valence-corrected chi connectivity index (χ0v) is 9.99. The van der Waals surface area contributed by atoms with Crippen molar-refractivity contribution in [3.8, 4) is 0 Å². The molecule has 88 valence electrons. The highest BCUT2D eigenvalue weighted by Crippen LogP contribution is 2.27. The van der Waals surface area contributed by atoms with Crippen molar-refractivity contribution in [3.63, 3.8) is 0 Å². The number of thioether (sulfide) groups is 1. The first-order chi connectivity index (χ1) is 7.65. The highest BCUT2D eigenvalue weighted by Gasteiger charge is 2.21. The summed E-state index contributed by atoms with van der Waals surface area (Å²) in [5, 5.41) is 3.62. The largest absolute Gasteiger partial charge is 0.313 e. The first kappa shape index (κ1) is 11.9. The fourth-order valence-electron chi connectivity index (χ4n) is 1.45. The highest BCUT2D eigenvalue weighted by molar-refractivity contribution is 8.00. The smallest absolute Gasteiger partial charge is 0.136 e. The van der Waals surface area contributed by atoms with Gasteiger partial charge < -0.3 is 5.32 Å². The van der Waals surface area contributed by atoms with Crippen LogP contribution in [0.1, 0.15) is 19.8 Å². The molecule has 0 amide bonds. The minimum Gasteiger partial charge on any atom is -0.313 e. The molecule has 0 heterocycles. The Hall–Kier alpha value is -0.610. The monoisotopic (exact) mass is 243 g/mol. The highest BCUT2D eigenvalue weighted by atomic mass is 32.2. The summed E-state index contributed by atoms with van der Waals surface area (Å²) >= 11 is 1.38. The lowest BCUT2D eigenvalue weighted by molar-refractivity contribution is 0.576. The minimum atomic E-state index is -0.383. The van der Waals surface area contributed by atoms with Crippen LogP contribution in [0.3, 0.4) is 0 Å². The van der Waals surface area contributed by atoms with Crippen molar-refractivity contribution >= 4 is 11.8 Å². The molecule has 1 atom stereocenters. The standard InChI is InChI=1S/C12H15F2NS/c1-8(7-15-10-3-4-10)16-12-6-9(13)2-5-11(12)14/h2,5-6,8,10,15H,3-4,7H2,1H3. The van der Waals surface area contributed by atoms with Gasteiger partial charge in [0.1, 0.15) is 11.6 Å². The van der Waals surface area contributed by atoms with Gasteiger partial charge in [-0.25, -0.2) is 8.78 Å². The lowest BCUT2D eigenvalue weighted by Gasteiger charge is -2.12. The maximum Gasteiger partial charge on any atom is 0.136 e. The second-order valence-corrected chi connectivity index (χ2v) is 5.67. The third kappa shape index (κ3) is 3.46. The van der Waals surface area contributed by atoms with E-state index in [1.807, 2.05) is 6.92 Å². The average Bonchev–Trinajstić information content (AvgIpc) is 3.04. The molecule has 2 rings (SSSR count). The molecule has 0 aromatic heterocycles. The van der Waals surface area contributed by atoms with Gasteiger partial charge in [0.05, 0.1) is 0 Å². The third-order valence-electron chi connectivity index (χ3n) is 2.49. The Balaban J connectivity index is 1.88. The van der Waals surface area contributed by atoms with Crippen molar-refractivity contribution in [2.45, 2.75) is 36.0 Å². The van der Waals surface area contributed by atoms with E-state index in [4.69, 9.17) is 0 Å². The zero-order chi connectivity index (χ0) is 11.5. The summed E-state index contributed by atoms with van der Waals surface area (Å²) in [6.45, 7) is 2.86. The van der Waals surface area contributed by atoms with Gasteiger partial charge in [0.2, 0.25) is 0 Å². The fourth-order valence-corrected chi connectivity index (χ4v) is 2.42. The predicted octanol–water partition coefficient (Wildman–Crippen LogP) is 3.20. The van der Waals surface area contributed by atoms with Crippen molar-refractivity contribution in [1.29, 1.82) is 0 Å². The Labute approximate surface area is 98.6 Å². The van der Waals surface area contributed by atoms with E-state index >= 15 is 0 Å². The van der Waals surface area contributed by atoms with E-state index in [0.29, 0.717) is 10.9 Å². The predicted molar refractivity (Wildman–Crippen MR) is 62.7 cm³/mol. The number of hydrogen-bond donors (Lipinski definition) is 1. The van der Waals surface area contributed by atoms with Crippen LogP contribution in [-0.2, 0) is 0 Å². The van der Waals surface area contributed by atoms with Crippen LogP contribution in [0.2, 0.25) is 0 Å². The van der Waals surface area contributed by atoms with E-state index in [9.17, 15) is 8.78 Å². The number of halogens is 2. The second kappa shape index (κ2) is 5.15. The van der Waals surface area contributed by atoms with Gasteiger partial charge in [-0.1, -0.05) is 6.92 Å². The Morgan fingerprint density at radius 2 is 2.19 bits per heavy atom. The quantitative estimate of drug-likeness (QED) is 0.797. The van der Waals surface area contributed by atoms with Crippen molar-refractivity contribution in [3.05, 3.63) is 29.8 Å². The molecule has 16 heavy (non-hydrogen) atoms. The van der Waals surface area contributed by atoms with Crippen molar-refractivity contribution in [2.24, 2.45) is 0 Å². The molecule has 0 saturated heterocycles. The van der Waals surface area contributed by atoms with E-state index in [-0.39, 0.29) is 16.9 Å². The Morgan fingerprint density at radius 3 is 2.88 bits per heavy atom. The molecule has 1 fully saturated rings. The van der Waals surface area contributed by atoms with Gasteiger partial charge in [-0.05, 0) is 31.0 Å².